The van der Waals surface area contributed by atoms with Crippen molar-refractivity contribution in [2.45, 2.75) is 25.1 Å². The number of hydrogen-bond acceptors (Lipinski definition) is 8. The molecular formula is C30H32N6O6. The molecule has 42 heavy (non-hydrogen) atoms. The Bertz CT molecular complexity index is 1540. The first kappa shape index (κ1) is 27.6. The summed E-state index contributed by atoms with van der Waals surface area (Å²) in [7, 11) is 0. The van der Waals surface area contributed by atoms with Crippen LogP contribution in [0.4, 0.5) is 4.79 Å². The van der Waals surface area contributed by atoms with Gasteiger partial charge >= 0.3 is 6.03 Å². The van der Waals surface area contributed by atoms with Gasteiger partial charge in [-0.1, -0.05) is 18.2 Å². The minimum Gasteiger partial charge on any atom is -0.489 e. The Labute approximate surface area is 242 Å². The number of nitrogens with one attached hydrogen (secondary N) is 3. The predicted octanol–water partition coefficient (Wildman–Crippen LogP) is 0.973. The van der Waals surface area contributed by atoms with Crippen LogP contribution < -0.4 is 20.7 Å². The zero-order valence-corrected chi connectivity index (χ0v) is 23.2. The van der Waals surface area contributed by atoms with E-state index >= 15 is 0 Å². The van der Waals surface area contributed by atoms with Gasteiger partial charge in [0, 0.05) is 41.8 Å². The summed E-state index contributed by atoms with van der Waals surface area (Å²) < 4.78 is 11.4. The highest BCUT2D eigenvalue weighted by atomic mass is 16.5. The molecule has 218 valence electrons. The number of likely N-dealkylation sites (tertiary alicyclic amines) is 1. The third kappa shape index (κ3) is 5.50. The van der Waals surface area contributed by atoms with Gasteiger partial charge in [0.05, 0.1) is 37.9 Å². The average Bonchev–Trinajstić information content (AvgIpc) is 3.49. The number of aryl methyl sites for hydroxylation is 1. The molecule has 6 rings (SSSR count). The molecule has 3 saturated heterocycles. The highest BCUT2D eigenvalue weighted by Crippen LogP contribution is 2.27. The van der Waals surface area contributed by atoms with Crippen LogP contribution in [0.3, 0.4) is 0 Å². The van der Waals surface area contributed by atoms with Crippen molar-refractivity contribution >= 4 is 34.7 Å². The van der Waals surface area contributed by atoms with Gasteiger partial charge in [0.15, 0.2) is 5.54 Å². The van der Waals surface area contributed by atoms with E-state index in [0.717, 1.165) is 22.2 Å². The number of fused-ring (bicyclic) bond motifs is 1. The number of nitrogens with zero attached hydrogens (tertiary/aromatic N) is 3. The van der Waals surface area contributed by atoms with Crippen LogP contribution in [0.2, 0.25) is 0 Å². The molecule has 0 bridgehead atoms. The Kier molecular flexibility index (Phi) is 7.48. The number of amides is 5. The van der Waals surface area contributed by atoms with Crippen LogP contribution >= 0.6 is 0 Å². The fraction of sp³-hybridized carbons (Fsp3) is 0.367. The molecular weight excluding hydrogens is 540 g/mol. The van der Waals surface area contributed by atoms with E-state index in [-0.39, 0.29) is 25.5 Å². The van der Waals surface area contributed by atoms with Crippen LogP contribution in [-0.4, -0.2) is 96.1 Å². The second kappa shape index (κ2) is 11.4. The zero-order chi connectivity index (χ0) is 29.3. The molecule has 0 aliphatic carbocycles. The summed E-state index contributed by atoms with van der Waals surface area (Å²) in [6.45, 7) is 4.89. The molecule has 1 aromatic heterocycles. The van der Waals surface area contributed by atoms with Gasteiger partial charge < -0.3 is 25.0 Å². The van der Waals surface area contributed by atoms with Gasteiger partial charge in [0.25, 0.3) is 11.8 Å². The molecule has 3 aliphatic rings. The Morgan fingerprint density at radius 2 is 1.88 bits per heavy atom. The van der Waals surface area contributed by atoms with Crippen molar-refractivity contribution in [3.63, 3.8) is 0 Å². The molecule has 0 saturated carbocycles. The van der Waals surface area contributed by atoms with Crippen molar-refractivity contribution in [3.8, 4) is 5.75 Å². The van der Waals surface area contributed by atoms with Gasteiger partial charge in [-0.2, -0.15) is 0 Å². The van der Waals surface area contributed by atoms with Crippen LogP contribution in [0.5, 0.6) is 5.75 Å². The van der Waals surface area contributed by atoms with Gasteiger partial charge in [0.1, 0.15) is 12.4 Å². The molecule has 2 atom stereocenters. The van der Waals surface area contributed by atoms with Crippen molar-refractivity contribution < 1.29 is 28.7 Å². The molecule has 1 spiro atoms. The van der Waals surface area contributed by atoms with Crippen molar-refractivity contribution in [1.29, 1.82) is 0 Å². The number of para-hydroxylation sites is 1. The number of carbonyl (C=O) groups excluding carboxylic acids is 4. The Hall–Kier alpha value is -4.55. The molecule has 3 aliphatic heterocycles. The second-order valence-electron chi connectivity index (χ2n) is 10.8. The van der Waals surface area contributed by atoms with E-state index in [1.165, 1.54) is 4.90 Å². The number of hydrogen-bond donors (Lipinski definition) is 3. The maximum atomic E-state index is 13.3. The van der Waals surface area contributed by atoms with E-state index in [2.05, 4.69) is 20.9 Å². The van der Waals surface area contributed by atoms with Gasteiger partial charge in [0.2, 0.25) is 5.91 Å². The fourth-order valence-corrected chi connectivity index (χ4v) is 5.74. The van der Waals surface area contributed by atoms with Crippen LogP contribution in [0.15, 0.2) is 54.6 Å². The number of ether oxygens (including phenoxy) is 2. The maximum absolute atomic E-state index is 13.3. The van der Waals surface area contributed by atoms with E-state index < -0.39 is 29.4 Å². The normalized spacial score (nSPS) is 22.3. The number of benzene rings is 2. The summed E-state index contributed by atoms with van der Waals surface area (Å²) in [5.41, 5.74) is 1.72. The van der Waals surface area contributed by atoms with Crippen LogP contribution in [-0.2, 0) is 20.9 Å². The van der Waals surface area contributed by atoms with Gasteiger partial charge in [-0.05, 0) is 43.3 Å². The lowest BCUT2D eigenvalue weighted by Crippen LogP contribution is -2.62. The van der Waals surface area contributed by atoms with E-state index in [1.807, 2.05) is 42.2 Å². The Balaban J connectivity index is 1.12. The molecule has 0 radical (unpaired) electrons. The Morgan fingerprint density at radius 3 is 2.62 bits per heavy atom. The third-order valence-electron chi connectivity index (χ3n) is 7.97. The van der Waals surface area contributed by atoms with Crippen molar-refractivity contribution in [2.24, 2.45) is 0 Å². The summed E-state index contributed by atoms with van der Waals surface area (Å²) in [5.74, 6) is -0.592. The van der Waals surface area contributed by atoms with Gasteiger partial charge in [-0.25, -0.2) is 4.79 Å². The van der Waals surface area contributed by atoms with E-state index in [0.29, 0.717) is 44.2 Å². The van der Waals surface area contributed by atoms with E-state index in [9.17, 15) is 19.2 Å². The highest BCUT2D eigenvalue weighted by molar-refractivity contribution is 6.09. The monoisotopic (exact) mass is 572 g/mol. The van der Waals surface area contributed by atoms with Crippen molar-refractivity contribution in [3.05, 3.63) is 71.4 Å². The summed E-state index contributed by atoms with van der Waals surface area (Å²) in [6, 6.07) is 15.1. The maximum Gasteiger partial charge on any atom is 0.322 e. The minimum atomic E-state index is -1.44. The summed E-state index contributed by atoms with van der Waals surface area (Å²) in [6.07, 6.45) is 0. The predicted molar refractivity (Wildman–Crippen MR) is 152 cm³/mol. The molecule has 5 amide bonds. The lowest BCUT2D eigenvalue weighted by molar-refractivity contribution is -0.133. The molecule has 3 N–H and O–H groups in total. The SMILES string of the molecule is Cc1cc(COc2ccc(C(=O)N[C@@H]3CN(C(=O)CN4CCOCC4)C[C@]34NC(=O)NC4=O)cc2)c2ccccc2n1. The topological polar surface area (TPSA) is 142 Å². The van der Waals surface area contributed by atoms with E-state index in [4.69, 9.17) is 9.47 Å². The van der Waals surface area contributed by atoms with Gasteiger partial charge in [-0.15, -0.1) is 0 Å². The number of rotatable bonds is 7. The number of pyridine rings is 1. The first-order valence-electron chi connectivity index (χ1n) is 13.9. The van der Waals surface area contributed by atoms with Crippen LogP contribution in [0, 0.1) is 6.92 Å². The number of imide groups is 1. The summed E-state index contributed by atoms with van der Waals surface area (Å²) in [5, 5.41) is 8.82. The quantitative estimate of drug-likeness (QED) is 0.356. The molecule has 0 unspecified atom stereocenters. The minimum absolute atomic E-state index is 0.0331. The van der Waals surface area contributed by atoms with Gasteiger partial charge in [-0.3, -0.25) is 29.6 Å². The first-order chi connectivity index (χ1) is 20.3. The number of carbonyl (C=O) groups is 4. The number of morpholine rings is 1. The lowest BCUT2D eigenvalue weighted by Gasteiger charge is -2.28. The fourth-order valence-electron chi connectivity index (χ4n) is 5.74. The molecule has 12 heteroatoms. The summed E-state index contributed by atoms with van der Waals surface area (Å²) in [4.78, 5) is 59.4. The largest absolute Gasteiger partial charge is 0.489 e. The van der Waals surface area contributed by atoms with E-state index in [1.54, 1.807) is 24.3 Å². The molecule has 2 aromatic carbocycles. The standard InChI is InChI=1S/C30H32N6O6/c1-19-14-21(23-4-2-3-5-24(23)31-19)17-42-22-8-6-20(7-9-22)27(38)32-25-15-36(18-30(25)28(39)33-29(40)34-30)26(37)16-35-10-12-41-13-11-35/h2-9,14,25H,10-13,15-18H2,1H3,(H,32,38)(H2,33,34,39,40)/t25-,30+/m1/s1. The highest BCUT2D eigenvalue weighted by Gasteiger charge is 2.58. The summed E-state index contributed by atoms with van der Waals surface area (Å²) >= 11 is 0. The van der Waals surface area contributed by atoms with Crippen LogP contribution in [0.1, 0.15) is 21.6 Å². The zero-order valence-electron chi connectivity index (χ0n) is 23.2. The Morgan fingerprint density at radius 1 is 1.12 bits per heavy atom. The number of aromatic nitrogens is 1. The molecule has 12 nitrogen and oxygen atoms in total. The first-order valence-corrected chi connectivity index (χ1v) is 13.9. The molecule has 4 heterocycles. The van der Waals surface area contributed by atoms with Crippen LogP contribution in [0.25, 0.3) is 10.9 Å². The molecule has 3 fully saturated rings. The lowest BCUT2D eigenvalue weighted by atomic mass is 9.93. The second-order valence-corrected chi connectivity index (χ2v) is 10.8. The third-order valence-corrected chi connectivity index (χ3v) is 7.97. The average molecular weight is 573 g/mol. The number of urea groups is 1. The van der Waals surface area contributed by atoms with Crippen molar-refractivity contribution in [1.82, 2.24) is 30.7 Å². The van der Waals surface area contributed by atoms with Crippen molar-refractivity contribution in [2.75, 3.05) is 45.9 Å². The smallest absolute Gasteiger partial charge is 0.322 e. The molecule has 3 aromatic rings.